The molecule has 0 rings (SSSR count). The Morgan fingerprint density at radius 1 is 0.870 bits per heavy atom. The Labute approximate surface area is 146 Å². The molecule has 23 heavy (non-hydrogen) atoms. The molecule has 0 aliphatic rings. The van der Waals surface area contributed by atoms with Crippen LogP contribution in [0.1, 0.15) is 79.1 Å². The van der Waals surface area contributed by atoms with Gasteiger partial charge in [0.15, 0.2) is 11.5 Å². The van der Waals surface area contributed by atoms with Crippen molar-refractivity contribution in [3.05, 3.63) is 0 Å². The quantitative estimate of drug-likeness (QED) is 0.365. The molecule has 0 saturated heterocycles. The minimum Gasteiger partial charge on any atom is -0.748 e. The van der Waals surface area contributed by atoms with Gasteiger partial charge in [0.05, 0.1) is 10.1 Å². The molecule has 0 aromatic rings. The predicted octanol–water partition coefficient (Wildman–Crippen LogP) is 3.91. The van der Waals surface area contributed by atoms with Crippen molar-refractivity contribution in [1.82, 2.24) is 0 Å². The maximum Gasteiger partial charge on any atom is 0.181 e. The molecule has 0 amide bonds. The summed E-state index contributed by atoms with van der Waals surface area (Å²) in [5.74, 6) is 3.71. The highest BCUT2D eigenvalue weighted by atomic mass is 32.2. The van der Waals surface area contributed by atoms with Gasteiger partial charge in [-0.25, -0.2) is 8.42 Å². The second kappa shape index (κ2) is 16.8. The highest BCUT2D eigenvalue weighted by molar-refractivity contribution is 7.97. The Morgan fingerprint density at radius 3 is 1.65 bits per heavy atom. The molecule has 0 atom stereocenters. The van der Waals surface area contributed by atoms with Crippen LogP contribution in [-0.2, 0) is 25.8 Å². The summed E-state index contributed by atoms with van der Waals surface area (Å²) in [4.78, 5) is 11.6. The minimum absolute atomic E-state index is 0.219. The summed E-state index contributed by atoms with van der Waals surface area (Å²) < 4.78 is 29.5. The molecule has 140 valence electrons. The van der Waals surface area contributed by atoms with Crippen LogP contribution in [0.15, 0.2) is 0 Å². The molecule has 0 unspecified atom stereocenters. The van der Waals surface area contributed by atoms with Gasteiger partial charge in [-0.15, -0.1) is 0 Å². The largest absolute Gasteiger partial charge is 0.748 e. The molecule has 0 bridgehead atoms. The molecule has 0 aromatic carbocycles. The van der Waals surface area contributed by atoms with Crippen molar-refractivity contribution < 1.29 is 17.8 Å². The van der Waals surface area contributed by atoms with E-state index in [2.05, 4.69) is 20.8 Å². The van der Waals surface area contributed by atoms with Crippen molar-refractivity contribution in [2.45, 2.75) is 79.1 Å². The average Bonchev–Trinajstić information content (AvgIpc) is 2.48. The first-order valence-electron chi connectivity index (χ1n) is 8.89. The normalized spacial score (nSPS) is 11.2. The minimum atomic E-state index is -3.94. The molecular formula is C17H36O4S2. The lowest BCUT2D eigenvalue weighted by molar-refractivity contribution is -0.116. The molecule has 0 N–H and O–H groups in total. The van der Waals surface area contributed by atoms with Gasteiger partial charge < -0.3 is 4.55 Å². The average molecular weight is 369 g/mol. The van der Waals surface area contributed by atoms with Crippen molar-refractivity contribution in [2.75, 3.05) is 23.0 Å². The van der Waals surface area contributed by atoms with Crippen LogP contribution in [0.25, 0.3) is 0 Å². The molecule has 0 fully saturated rings. The van der Waals surface area contributed by atoms with Crippen LogP contribution >= 0.6 is 0 Å². The van der Waals surface area contributed by atoms with Crippen molar-refractivity contribution in [3.8, 4) is 0 Å². The zero-order valence-electron chi connectivity index (χ0n) is 15.4. The lowest BCUT2D eigenvalue weighted by atomic mass is 10.3. The maximum absolute atomic E-state index is 11.6. The van der Waals surface area contributed by atoms with Crippen LogP contribution in [0.3, 0.4) is 0 Å². The highest BCUT2D eigenvalue weighted by Crippen LogP contribution is 2.07. The summed E-state index contributed by atoms with van der Waals surface area (Å²) in [6, 6.07) is 0. The lowest BCUT2D eigenvalue weighted by Crippen LogP contribution is -2.22. The van der Waals surface area contributed by atoms with Gasteiger partial charge >= 0.3 is 0 Å². The fourth-order valence-electron chi connectivity index (χ4n) is 1.84. The van der Waals surface area contributed by atoms with Crippen LogP contribution in [0, 0.1) is 0 Å². The van der Waals surface area contributed by atoms with Gasteiger partial charge in [0.2, 0.25) is 0 Å². The number of rotatable bonds is 13. The number of carbonyl (C=O) groups excluding carboxylic acids is 1. The third-order valence-corrected chi connectivity index (χ3v) is 6.47. The van der Waals surface area contributed by atoms with Gasteiger partial charge in [0, 0.05) is 12.2 Å². The number of hydrogen-bond acceptors (Lipinski definition) is 4. The molecule has 4 nitrogen and oxygen atoms in total. The summed E-state index contributed by atoms with van der Waals surface area (Å²) in [5.41, 5.74) is 0. The summed E-state index contributed by atoms with van der Waals surface area (Å²) in [7, 11) is -3.54. The zero-order valence-corrected chi connectivity index (χ0v) is 17.1. The fraction of sp³-hybridized carbons (Fsp3) is 0.941. The molecule has 0 aromatic heterocycles. The van der Waals surface area contributed by atoms with Crippen LogP contribution in [-0.4, -0.2) is 41.8 Å². The first-order valence-corrected chi connectivity index (χ1v) is 12.2. The van der Waals surface area contributed by atoms with E-state index in [1.165, 1.54) is 37.2 Å². The Bertz CT molecular complexity index is 359. The van der Waals surface area contributed by atoms with Gasteiger partial charge in [-0.2, -0.15) is 0 Å². The first-order chi connectivity index (χ1) is 10.8. The summed E-state index contributed by atoms with van der Waals surface area (Å²) in [6.07, 6.45) is 8.15. The molecule has 0 saturated carbocycles. The van der Waals surface area contributed by atoms with Crippen molar-refractivity contribution in [3.63, 3.8) is 0 Å². The predicted molar refractivity (Wildman–Crippen MR) is 101 cm³/mol. The van der Waals surface area contributed by atoms with E-state index in [0.717, 1.165) is 25.0 Å². The lowest BCUT2D eigenvalue weighted by Gasteiger charge is -2.07. The number of unbranched alkanes of at least 4 members (excludes halogenated alkanes) is 3. The summed E-state index contributed by atoms with van der Waals surface area (Å²) in [5, 5.41) is 0. The number of hydrogen-bond donors (Lipinski definition) is 0. The van der Waals surface area contributed by atoms with E-state index in [1.807, 2.05) is 6.92 Å². The molecule has 6 heteroatoms. The van der Waals surface area contributed by atoms with Crippen LogP contribution in [0.5, 0.6) is 0 Å². The number of Topliss-reactive ketones (excluding diaryl/α,β-unsaturated/α-hetero) is 1. The van der Waals surface area contributed by atoms with Gasteiger partial charge in [0.1, 0.15) is 11.5 Å². The second-order valence-electron chi connectivity index (χ2n) is 5.78. The number of ketones is 1. The molecule has 0 spiro atoms. The molecule has 0 aliphatic carbocycles. The van der Waals surface area contributed by atoms with E-state index in [-0.39, 0.29) is 5.75 Å². The van der Waals surface area contributed by atoms with E-state index < -0.39 is 10.1 Å². The Hall–Kier alpha value is -0.0700. The van der Waals surface area contributed by atoms with Gasteiger partial charge in [-0.3, -0.25) is 4.79 Å². The van der Waals surface area contributed by atoms with Crippen LogP contribution in [0.4, 0.5) is 0 Å². The Kier molecular flexibility index (Phi) is 18.4. The van der Waals surface area contributed by atoms with Gasteiger partial charge in [0.25, 0.3) is 0 Å². The third kappa shape index (κ3) is 21.9. The van der Waals surface area contributed by atoms with E-state index in [0.29, 0.717) is 23.1 Å². The van der Waals surface area contributed by atoms with E-state index >= 15 is 0 Å². The molecule has 0 heterocycles. The van der Waals surface area contributed by atoms with Crippen LogP contribution in [0.2, 0.25) is 0 Å². The summed E-state index contributed by atoms with van der Waals surface area (Å²) >= 11 is 0. The first kappa shape index (κ1) is 25.2. The van der Waals surface area contributed by atoms with Crippen molar-refractivity contribution in [2.24, 2.45) is 0 Å². The van der Waals surface area contributed by atoms with E-state index in [9.17, 15) is 17.8 Å². The van der Waals surface area contributed by atoms with Crippen LogP contribution < -0.4 is 0 Å². The number of carbonyl (C=O) groups is 1. The van der Waals surface area contributed by atoms with Gasteiger partial charge in [-0.05, 0) is 36.6 Å². The van der Waals surface area contributed by atoms with E-state index in [4.69, 9.17) is 0 Å². The topological polar surface area (TPSA) is 74.3 Å². The smallest absolute Gasteiger partial charge is 0.181 e. The van der Waals surface area contributed by atoms with Crippen molar-refractivity contribution in [1.29, 1.82) is 0 Å². The Balaban J connectivity index is 0. The Morgan fingerprint density at radius 2 is 1.35 bits per heavy atom. The molecular weight excluding hydrogens is 332 g/mol. The monoisotopic (exact) mass is 368 g/mol. The summed E-state index contributed by atoms with van der Waals surface area (Å²) in [6.45, 7) is 8.39. The molecule has 0 radical (unpaired) electrons. The zero-order chi connectivity index (χ0) is 18.1. The fourth-order valence-corrected chi connectivity index (χ4v) is 4.97. The van der Waals surface area contributed by atoms with Gasteiger partial charge in [-0.1, -0.05) is 47.0 Å². The third-order valence-electron chi connectivity index (χ3n) is 3.21. The van der Waals surface area contributed by atoms with Crippen molar-refractivity contribution >= 4 is 26.8 Å². The second-order valence-corrected chi connectivity index (χ2v) is 9.63. The standard InChI is InChI=1S/C13H27OS.C4H10O3S/c1-4-7-10-15(11-8-5-2)12-13(14)9-6-3;1-2-3-4-8(5,6)7/h4-12H2,1-3H3;2-4H2,1H3,(H,5,6,7)/q+1;/p-1. The molecule has 0 aliphatic heterocycles. The maximum atomic E-state index is 11.6. The highest BCUT2D eigenvalue weighted by Gasteiger charge is 2.20. The SMILES string of the molecule is CCCCS(=O)(=O)[O-].CCCC[S+](CCCC)CC(=O)CCC. The van der Waals surface area contributed by atoms with E-state index in [1.54, 1.807) is 0 Å².